The Hall–Kier alpha value is -2.61. The second-order valence-corrected chi connectivity index (χ2v) is 6.91. The molecule has 1 saturated heterocycles. The fraction of sp³-hybridized carbons (Fsp3) is 0.167. The highest BCUT2D eigenvalue weighted by atomic mass is 79.9. The highest BCUT2D eigenvalue weighted by Gasteiger charge is 2.35. The fourth-order valence-corrected chi connectivity index (χ4v) is 3.20. The molecule has 3 aromatic rings. The Morgan fingerprint density at radius 1 is 1.12 bits per heavy atom. The summed E-state index contributed by atoms with van der Waals surface area (Å²) in [5.41, 5.74) is 0.972. The lowest BCUT2D eigenvalue weighted by molar-refractivity contribution is -0.117. The molecule has 1 amide bonds. The summed E-state index contributed by atoms with van der Waals surface area (Å²) in [7, 11) is 0. The molecule has 1 atom stereocenters. The summed E-state index contributed by atoms with van der Waals surface area (Å²) in [6.07, 6.45) is 0.139. The average Bonchev–Trinajstić information content (AvgIpc) is 3.21. The Bertz CT molecular complexity index is 955. The van der Waals surface area contributed by atoms with E-state index in [-0.39, 0.29) is 30.5 Å². The molecule has 0 bridgehead atoms. The molecule has 1 fully saturated rings. The number of aromatic nitrogens is 2. The third kappa shape index (κ3) is 3.24. The van der Waals surface area contributed by atoms with Crippen molar-refractivity contribution in [3.8, 4) is 11.4 Å². The first-order valence-electron chi connectivity index (χ1n) is 7.85. The monoisotopic (exact) mass is 419 g/mol. The number of anilines is 1. The summed E-state index contributed by atoms with van der Waals surface area (Å²) in [5, 5.41) is 3.96. The average molecular weight is 420 g/mol. The van der Waals surface area contributed by atoms with Gasteiger partial charge in [-0.05, 0) is 36.4 Å². The minimum Gasteiger partial charge on any atom is -0.339 e. The van der Waals surface area contributed by atoms with Crippen molar-refractivity contribution in [3.63, 3.8) is 0 Å². The Balaban J connectivity index is 1.56. The SMILES string of the molecule is O=C1CC(c2nc(-c3ccc(Br)cc3)no2)CN1c1cc(F)cc(F)c1. The number of hydrogen-bond donors (Lipinski definition) is 0. The van der Waals surface area contributed by atoms with Crippen LogP contribution in [0.25, 0.3) is 11.4 Å². The maximum atomic E-state index is 13.4. The molecule has 5 nitrogen and oxygen atoms in total. The zero-order chi connectivity index (χ0) is 18.3. The van der Waals surface area contributed by atoms with E-state index in [1.807, 2.05) is 24.3 Å². The normalized spacial score (nSPS) is 17.1. The van der Waals surface area contributed by atoms with Gasteiger partial charge in [-0.3, -0.25) is 4.79 Å². The van der Waals surface area contributed by atoms with Gasteiger partial charge in [-0.1, -0.05) is 21.1 Å². The molecule has 132 valence electrons. The topological polar surface area (TPSA) is 59.2 Å². The molecule has 0 saturated carbocycles. The Morgan fingerprint density at radius 3 is 2.50 bits per heavy atom. The van der Waals surface area contributed by atoms with Crippen LogP contribution in [0.2, 0.25) is 0 Å². The van der Waals surface area contributed by atoms with E-state index >= 15 is 0 Å². The fourth-order valence-electron chi connectivity index (χ4n) is 2.93. The van der Waals surface area contributed by atoms with Crippen LogP contribution in [-0.4, -0.2) is 22.6 Å². The van der Waals surface area contributed by atoms with Crippen molar-refractivity contribution >= 4 is 27.5 Å². The van der Waals surface area contributed by atoms with Gasteiger partial charge in [0.25, 0.3) is 0 Å². The molecule has 4 rings (SSSR count). The quantitative estimate of drug-likeness (QED) is 0.634. The molecule has 8 heteroatoms. The number of carbonyl (C=O) groups is 1. The summed E-state index contributed by atoms with van der Waals surface area (Å²) in [6.45, 7) is 0.226. The van der Waals surface area contributed by atoms with Crippen molar-refractivity contribution in [1.82, 2.24) is 10.1 Å². The number of amides is 1. The summed E-state index contributed by atoms with van der Waals surface area (Å²) >= 11 is 3.36. The predicted molar refractivity (Wildman–Crippen MR) is 93.5 cm³/mol. The molecule has 1 aliphatic heterocycles. The van der Waals surface area contributed by atoms with E-state index in [0.717, 1.165) is 28.2 Å². The van der Waals surface area contributed by atoms with Crippen LogP contribution in [0.4, 0.5) is 14.5 Å². The van der Waals surface area contributed by atoms with Crippen LogP contribution in [0.15, 0.2) is 51.5 Å². The van der Waals surface area contributed by atoms with Crippen LogP contribution < -0.4 is 4.90 Å². The van der Waals surface area contributed by atoms with Gasteiger partial charge >= 0.3 is 0 Å². The van der Waals surface area contributed by atoms with Crippen molar-refractivity contribution in [2.24, 2.45) is 0 Å². The number of nitrogens with zero attached hydrogens (tertiary/aromatic N) is 3. The lowest BCUT2D eigenvalue weighted by atomic mass is 10.1. The largest absolute Gasteiger partial charge is 0.339 e. The molecule has 0 spiro atoms. The molecule has 2 heterocycles. The second kappa shape index (κ2) is 6.60. The van der Waals surface area contributed by atoms with E-state index in [9.17, 15) is 13.6 Å². The van der Waals surface area contributed by atoms with Crippen molar-refractivity contribution in [3.05, 3.63) is 64.5 Å². The minimum atomic E-state index is -0.730. The summed E-state index contributed by atoms with van der Waals surface area (Å²) < 4.78 is 33.1. The summed E-state index contributed by atoms with van der Waals surface area (Å²) in [6, 6.07) is 10.5. The molecule has 1 aliphatic rings. The van der Waals surface area contributed by atoms with Gasteiger partial charge in [-0.2, -0.15) is 4.98 Å². The van der Waals surface area contributed by atoms with E-state index < -0.39 is 11.6 Å². The van der Waals surface area contributed by atoms with Crippen LogP contribution >= 0.6 is 15.9 Å². The minimum absolute atomic E-state index is 0.139. The maximum Gasteiger partial charge on any atom is 0.232 e. The van der Waals surface area contributed by atoms with Gasteiger partial charge in [-0.15, -0.1) is 0 Å². The molecular formula is C18H12BrF2N3O2. The first kappa shape index (κ1) is 16.8. The summed E-state index contributed by atoms with van der Waals surface area (Å²) in [4.78, 5) is 18.0. The van der Waals surface area contributed by atoms with Gasteiger partial charge in [0.15, 0.2) is 0 Å². The lowest BCUT2D eigenvalue weighted by Gasteiger charge is -2.16. The predicted octanol–water partition coefficient (Wildman–Crippen LogP) is 4.30. The zero-order valence-corrected chi connectivity index (χ0v) is 14.9. The highest BCUT2D eigenvalue weighted by Crippen LogP contribution is 2.32. The first-order chi connectivity index (χ1) is 12.5. The van der Waals surface area contributed by atoms with Crippen LogP contribution in [0.5, 0.6) is 0 Å². The molecule has 0 aliphatic carbocycles. The van der Waals surface area contributed by atoms with Crippen LogP contribution in [0.3, 0.4) is 0 Å². The Labute approximate surface area is 155 Å². The molecule has 0 radical (unpaired) electrons. The van der Waals surface area contributed by atoms with Gasteiger partial charge in [0, 0.05) is 34.8 Å². The van der Waals surface area contributed by atoms with E-state index in [2.05, 4.69) is 26.1 Å². The van der Waals surface area contributed by atoms with Crippen molar-refractivity contribution in [2.75, 3.05) is 11.4 Å². The molecule has 1 aromatic heterocycles. The van der Waals surface area contributed by atoms with Gasteiger partial charge < -0.3 is 9.42 Å². The maximum absolute atomic E-state index is 13.4. The number of carbonyl (C=O) groups excluding carboxylic acids is 1. The van der Waals surface area contributed by atoms with Crippen LogP contribution in [-0.2, 0) is 4.79 Å². The Kier molecular flexibility index (Phi) is 4.28. The smallest absolute Gasteiger partial charge is 0.232 e. The lowest BCUT2D eigenvalue weighted by Crippen LogP contribution is -2.24. The van der Waals surface area contributed by atoms with Gasteiger partial charge in [-0.25, -0.2) is 8.78 Å². The molecular weight excluding hydrogens is 408 g/mol. The van der Waals surface area contributed by atoms with Crippen LogP contribution in [0.1, 0.15) is 18.2 Å². The van der Waals surface area contributed by atoms with Gasteiger partial charge in [0.2, 0.25) is 17.6 Å². The molecule has 26 heavy (non-hydrogen) atoms. The number of hydrogen-bond acceptors (Lipinski definition) is 4. The van der Waals surface area contributed by atoms with E-state index in [0.29, 0.717) is 11.7 Å². The Morgan fingerprint density at radius 2 is 1.81 bits per heavy atom. The second-order valence-electron chi connectivity index (χ2n) is 6.00. The zero-order valence-electron chi connectivity index (χ0n) is 13.3. The highest BCUT2D eigenvalue weighted by molar-refractivity contribution is 9.10. The molecule has 0 N–H and O–H groups in total. The third-order valence-corrected chi connectivity index (χ3v) is 4.71. The van der Waals surface area contributed by atoms with Gasteiger partial charge in [0.05, 0.1) is 5.92 Å². The van der Waals surface area contributed by atoms with Gasteiger partial charge in [0.1, 0.15) is 11.6 Å². The third-order valence-electron chi connectivity index (χ3n) is 4.18. The number of halogens is 3. The van der Waals surface area contributed by atoms with E-state index in [4.69, 9.17) is 4.52 Å². The van der Waals surface area contributed by atoms with Crippen molar-refractivity contribution < 1.29 is 18.1 Å². The summed E-state index contributed by atoms with van der Waals surface area (Å²) in [5.74, 6) is -1.28. The van der Waals surface area contributed by atoms with Crippen molar-refractivity contribution in [1.29, 1.82) is 0 Å². The van der Waals surface area contributed by atoms with E-state index in [1.54, 1.807) is 0 Å². The van der Waals surface area contributed by atoms with Crippen molar-refractivity contribution in [2.45, 2.75) is 12.3 Å². The standard InChI is InChI=1S/C18H12BrF2N3O2/c19-12-3-1-10(2-4-12)17-22-18(26-23-17)11-5-16(25)24(9-11)15-7-13(20)6-14(21)8-15/h1-4,6-8,11H,5,9H2. The van der Waals surface area contributed by atoms with E-state index in [1.165, 1.54) is 4.90 Å². The van der Waals surface area contributed by atoms with Crippen LogP contribution in [0, 0.1) is 11.6 Å². The first-order valence-corrected chi connectivity index (χ1v) is 8.65. The molecule has 2 aromatic carbocycles. The molecule has 1 unspecified atom stereocenters. The number of benzene rings is 2. The number of rotatable bonds is 3.